The minimum absolute atomic E-state index is 0.152. The predicted octanol–water partition coefficient (Wildman–Crippen LogP) is 4.16. The second kappa shape index (κ2) is 9.20. The van der Waals surface area contributed by atoms with Crippen LogP contribution in [0.25, 0.3) is 22.2 Å². The molecule has 164 valence electrons. The molecule has 0 spiro atoms. The maximum Gasteiger partial charge on any atom is 0.303 e. The number of nitrogens with one attached hydrogen (secondary N) is 1. The number of nitrogens with zero attached hydrogens (tertiary/aromatic N) is 3. The largest absolute Gasteiger partial charge is 0.453 e. The number of hydrogen-bond acceptors (Lipinski definition) is 6. The van der Waals surface area contributed by atoms with E-state index in [1.165, 1.54) is 13.8 Å². The first-order valence-corrected chi connectivity index (χ1v) is 10.6. The summed E-state index contributed by atoms with van der Waals surface area (Å²) in [7, 11) is 0. The van der Waals surface area contributed by atoms with Gasteiger partial charge in [-0.2, -0.15) is 10.4 Å². The zero-order chi connectivity index (χ0) is 22.7. The summed E-state index contributed by atoms with van der Waals surface area (Å²) in [5, 5.41) is 17.9. The molecule has 0 bridgehead atoms. The summed E-state index contributed by atoms with van der Waals surface area (Å²) in [6.45, 7) is 3.47. The molecule has 1 fully saturated rings. The lowest BCUT2D eigenvalue weighted by atomic mass is 10.1. The van der Waals surface area contributed by atoms with Crippen LogP contribution in [0.5, 0.6) is 0 Å². The number of hydrogen-bond donors (Lipinski definition) is 1. The van der Waals surface area contributed by atoms with Crippen LogP contribution in [0.2, 0.25) is 0 Å². The Morgan fingerprint density at radius 1 is 1.28 bits per heavy atom. The fourth-order valence-electron chi connectivity index (χ4n) is 3.85. The Kier molecular flexibility index (Phi) is 6.19. The molecule has 8 heteroatoms. The average molecular weight is 432 g/mol. The van der Waals surface area contributed by atoms with Gasteiger partial charge in [-0.05, 0) is 56.5 Å². The lowest BCUT2D eigenvalue weighted by Crippen LogP contribution is -2.29. The minimum Gasteiger partial charge on any atom is -0.453 e. The first-order valence-electron chi connectivity index (χ1n) is 10.6. The van der Waals surface area contributed by atoms with Crippen LogP contribution in [0.1, 0.15) is 44.9 Å². The Labute approximate surface area is 185 Å². The monoisotopic (exact) mass is 432 g/mol. The summed E-state index contributed by atoms with van der Waals surface area (Å²) in [5.41, 5.74) is 3.49. The number of anilines is 1. The zero-order valence-corrected chi connectivity index (χ0v) is 18.0. The molecular weight excluding hydrogens is 408 g/mol. The zero-order valence-electron chi connectivity index (χ0n) is 18.0. The number of carbonyl (C=O) groups is 2. The van der Waals surface area contributed by atoms with Gasteiger partial charge in [-0.25, -0.2) is 4.68 Å². The third-order valence-corrected chi connectivity index (χ3v) is 5.38. The maximum atomic E-state index is 12.3. The van der Waals surface area contributed by atoms with Crippen molar-refractivity contribution in [2.24, 2.45) is 0 Å². The number of benzene rings is 2. The molecule has 0 aliphatic carbocycles. The maximum absolute atomic E-state index is 12.3. The van der Waals surface area contributed by atoms with Crippen LogP contribution in [0.15, 0.2) is 42.5 Å². The molecule has 8 nitrogen and oxygen atoms in total. The fourth-order valence-corrected chi connectivity index (χ4v) is 3.85. The lowest BCUT2D eigenvalue weighted by molar-refractivity contribution is -0.150. The van der Waals surface area contributed by atoms with Crippen molar-refractivity contribution in [2.45, 2.75) is 45.4 Å². The highest BCUT2D eigenvalue weighted by atomic mass is 16.5. The van der Waals surface area contributed by atoms with E-state index in [-0.39, 0.29) is 6.23 Å². The van der Waals surface area contributed by atoms with Gasteiger partial charge in [0, 0.05) is 30.2 Å². The first kappa shape index (κ1) is 21.5. The van der Waals surface area contributed by atoms with Gasteiger partial charge in [-0.3, -0.25) is 9.59 Å². The smallest absolute Gasteiger partial charge is 0.303 e. The quantitative estimate of drug-likeness (QED) is 0.607. The molecule has 2 atom stereocenters. The summed E-state index contributed by atoms with van der Waals surface area (Å²) >= 11 is 0. The lowest BCUT2D eigenvalue weighted by Gasteiger charge is -2.23. The highest BCUT2D eigenvalue weighted by molar-refractivity contribution is 5.97. The molecule has 0 saturated carbocycles. The number of amides is 1. The Hall–Kier alpha value is -3.70. The van der Waals surface area contributed by atoms with Crippen LogP contribution < -0.4 is 5.32 Å². The molecule has 1 N–H and O–H groups in total. The van der Waals surface area contributed by atoms with Gasteiger partial charge in [0.15, 0.2) is 12.3 Å². The molecule has 1 aromatic heterocycles. The molecule has 2 heterocycles. The van der Waals surface area contributed by atoms with Crippen molar-refractivity contribution in [3.05, 3.63) is 48.0 Å². The van der Waals surface area contributed by atoms with Crippen LogP contribution in [0, 0.1) is 11.3 Å². The number of aromatic nitrogens is 2. The third kappa shape index (κ3) is 4.48. The topological polar surface area (TPSA) is 106 Å². The van der Waals surface area contributed by atoms with E-state index in [1.807, 2.05) is 35.0 Å². The second-order valence-corrected chi connectivity index (χ2v) is 7.78. The van der Waals surface area contributed by atoms with E-state index in [4.69, 9.17) is 14.6 Å². The van der Waals surface area contributed by atoms with Crippen molar-refractivity contribution in [1.82, 2.24) is 9.78 Å². The molecule has 1 aliphatic heterocycles. The van der Waals surface area contributed by atoms with Gasteiger partial charge < -0.3 is 14.8 Å². The summed E-state index contributed by atoms with van der Waals surface area (Å²) in [4.78, 5) is 23.5. The average Bonchev–Trinajstić information content (AvgIpc) is 3.18. The SMILES string of the molecule is CC(=O)O[C@@H](C)C(=O)Nc1cccc(-c2nn(C3CCCCO3)c3ccc(C#N)cc23)c1. The van der Waals surface area contributed by atoms with Gasteiger partial charge in [0.1, 0.15) is 5.69 Å². The molecule has 2 aromatic carbocycles. The van der Waals surface area contributed by atoms with Crippen molar-refractivity contribution in [3.8, 4) is 17.3 Å². The van der Waals surface area contributed by atoms with Gasteiger partial charge in [0.25, 0.3) is 5.91 Å². The second-order valence-electron chi connectivity index (χ2n) is 7.78. The van der Waals surface area contributed by atoms with Gasteiger partial charge >= 0.3 is 5.97 Å². The van der Waals surface area contributed by atoms with Crippen molar-refractivity contribution in [3.63, 3.8) is 0 Å². The number of fused-ring (bicyclic) bond motifs is 1. The first-order chi connectivity index (χ1) is 15.5. The van der Waals surface area contributed by atoms with E-state index in [1.54, 1.807) is 12.1 Å². The third-order valence-electron chi connectivity index (χ3n) is 5.38. The van der Waals surface area contributed by atoms with Crippen LogP contribution in [0.3, 0.4) is 0 Å². The van der Waals surface area contributed by atoms with E-state index < -0.39 is 18.0 Å². The minimum atomic E-state index is -0.905. The van der Waals surface area contributed by atoms with Crippen LogP contribution in [-0.4, -0.2) is 34.4 Å². The Bertz CT molecular complexity index is 1200. The van der Waals surface area contributed by atoms with E-state index in [2.05, 4.69) is 11.4 Å². The Morgan fingerprint density at radius 2 is 2.12 bits per heavy atom. The van der Waals surface area contributed by atoms with Crippen LogP contribution in [0.4, 0.5) is 5.69 Å². The molecule has 1 aliphatic rings. The molecule has 1 saturated heterocycles. The fraction of sp³-hybridized carbons (Fsp3) is 0.333. The number of nitriles is 1. The van der Waals surface area contributed by atoms with E-state index in [0.29, 0.717) is 23.6 Å². The standard InChI is InChI=1S/C24H24N4O4/c1-15(32-16(2)29)24(30)26-19-7-5-6-18(13-19)23-20-12-17(14-25)9-10-21(20)28(27-23)22-8-3-4-11-31-22/h5-7,9-10,12-13,15,22H,3-4,8,11H2,1-2H3,(H,26,30)/t15-,22?/m0/s1. The van der Waals surface area contributed by atoms with Crippen LogP contribution in [-0.2, 0) is 19.1 Å². The molecule has 1 amide bonds. The van der Waals surface area contributed by atoms with Crippen molar-refractivity contribution < 1.29 is 19.1 Å². The normalized spacial score (nSPS) is 16.8. The molecule has 0 radical (unpaired) electrons. The van der Waals surface area contributed by atoms with Crippen molar-refractivity contribution >= 4 is 28.5 Å². The number of rotatable bonds is 5. The molecule has 4 rings (SSSR count). The van der Waals surface area contributed by atoms with Gasteiger partial charge in [0.2, 0.25) is 0 Å². The van der Waals surface area contributed by atoms with Crippen molar-refractivity contribution in [1.29, 1.82) is 5.26 Å². The van der Waals surface area contributed by atoms with E-state index in [9.17, 15) is 14.9 Å². The molecular formula is C24H24N4O4. The molecule has 32 heavy (non-hydrogen) atoms. The molecule has 1 unspecified atom stereocenters. The Morgan fingerprint density at radius 3 is 2.84 bits per heavy atom. The van der Waals surface area contributed by atoms with Gasteiger partial charge in [0.05, 0.1) is 17.1 Å². The Balaban J connectivity index is 1.71. The molecule has 3 aromatic rings. The summed E-state index contributed by atoms with van der Waals surface area (Å²) < 4.78 is 12.8. The highest BCUT2D eigenvalue weighted by Crippen LogP contribution is 2.34. The van der Waals surface area contributed by atoms with Gasteiger partial charge in [-0.1, -0.05) is 12.1 Å². The van der Waals surface area contributed by atoms with Crippen LogP contribution >= 0.6 is 0 Å². The number of carbonyl (C=O) groups excluding carboxylic acids is 2. The summed E-state index contributed by atoms with van der Waals surface area (Å²) in [6, 6.07) is 15.0. The predicted molar refractivity (Wildman–Crippen MR) is 119 cm³/mol. The number of ether oxygens (including phenoxy) is 2. The highest BCUT2D eigenvalue weighted by Gasteiger charge is 2.22. The van der Waals surface area contributed by atoms with Gasteiger partial charge in [-0.15, -0.1) is 0 Å². The number of esters is 1. The van der Waals surface area contributed by atoms with E-state index >= 15 is 0 Å². The summed E-state index contributed by atoms with van der Waals surface area (Å²) in [6.07, 6.45) is 1.92. The summed E-state index contributed by atoms with van der Waals surface area (Å²) in [5.74, 6) is -0.938. The van der Waals surface area contributed by atoms with E-state index in [0.717, 1.165) is 35.7 Å². The van der Waals surface area contributed by atoms with Crippen molar-refractivity contribution in [2.75, 3.05) is 11.9 Å².